The van der Waals surface area contributed by atoms with Gasteiger partial charge in [-0.1, -0.05) is 0 Å². The average molecular weight is 175 g/mol. The minimum absolute atomic E-state index is 0.201. The summed E-state index contributed by atoms with van der Waals surface area (Å²) in [5.74, 6) is 0.865. The van der Waals surface area contributed by atoms with Crippen LogP contribution in [0.1, 0.15) is 19.4 Å². The minimum atomic E-state index is 0.201. The Morgan fingerprint density at radius 1 is 1.31 bits per heavy atom. The van der Waals surface area contributed by atoms with Gasteiger partial charge in [-0.2, -0.15) is 0 Å². The Balaban J connectivity index is 2.65. The fraction of sp³-hybridized carbons (Fsp3) is 0.364. The minimum Gasteiger partial charge on any atom is -0.491 e. The van der Waals surface area contributed by atoms with Crippen molar-refractivity contribution in [2.45, 2.75) is 26.5 Å². The first-order valence-electron chi connectivity index (χ1n) is 4.31. The van der Waals surface area contributed by atoms with Gasteiger partial charge in [0.25, 0.3) is 0 Å². The predicted octanol–water partition coefficient (Wildman–Crippen LogP) is 2.89. The first kappa shape index (κ1) is 9.60. The molecule has 0 heterocycles. The SMILES string of the molecule is [C-]#[N+]Cc1ccc(OC(C)C)cc1. The van der Waals surface area contributed by atoms with Gasteiger partial charge in [-0.15, -0.1) is 0 Å². The van der Waals surface area contributed by atoms with Crippen LogP contribution in [-0.4, -0.2) is 6.10 Å². The molecule has 2 heteroatoms. The average Bonchev–Trinajstić information content (AvgIpc) is 2.08. The van der Waals surface area contributed by atoms with Gasteiger partial charge in [-0.3, -0.25) is 0 Å². The molecule has 1 aromatic carbocycles. The summed E-state index contributed by atoms with van der Waals surface area (Å²) in [6.45, 7) is 11.1. The summed E-state index contributed by atoms with van der Waals surface area (Å²) in [5.41, 5.74) is 1.03. The van der Waals surface area contributed by atoms with Crippen LogP contribution in [0.4, 0.5) is 0 Å². The van der Waals surface area contributed by atoms with Gasteiger partial charge in [-0.05, 0) is 38.1 Å². The highest BCUT2D eigenvalue weighted by Crippen LogP contribution is 2.14. The molecule has 0 unspecified atom stereocenters. The van der Waals surface area contributed by atoms with E-state index in [1.54, 1.807) is 0 Å². The summed E-state index contributed by atoms with van der Waals surface area (Å²) < 4.78 is 5.47. The van der Waals surface area contributed by atoms with Crippen LogP contribution in [0.25, 0.3) is 4.85 Å². The Kier molecular flexibility index (Phi) is 3.33. The van der Waals surface area contributed by atoms with Crippen LogP contribution in [0.3, 0.4) is 0 Å². The molecule has 0 saturated carbocycles. The molecule has 0 bridgehead atoms. The van der Waals surface area contributed by atoms with Crippen LogP contribution in [0, 0.1) is 6.57 Å². The molecule has 0 spiro atoms. The fourth-order valence-electron chi connectivity index (χ4n) is 1.04. The van der Waals surface area contributed by atoms with Crippen molar-refractivity contribution in [3.63, 3.8) is 0 Å². The smallest absolute Gasteiger partial charge is 0.239 e. The summed E-state index contributed by atoms with van der Waals surface area (Å²) >= 11 is 0. The monoisotopic (exact) mass is 175 g/mol. The lowest BCUT2D eigenvalue weighted by Crippen LogP contribution is -2.05. The van der Waals surface area contributed by atoms with Crippen molar-refractivity contribution in [1.82, 2.24) is 0 Å². The number of ether oxygens (including phenoxy) is 1. The molecule has 0 aliphatic carbocycles. The van der Waals surface area contributed by atoms with E-state index in [2.05, 4.69) is 4.85 Å². The Labute approximate surface area is 79.0 Å². The van der Waals surface area contributed by atoms with Gasteiger partial charge in [0.05, 0.1) is 6.10 Å². The van der Waals surface area contributed by atoms with Crippen molar-refractivity contribution in [3.05, 3.63) is 41.2 Å². The van der Waals surface area contributed by atoms with Crippen molar-refractivity contribution in [2.24, 2.45) is 0 Å². The number of nitrogens with zero attached hydrogens (tertiary/aromatic N) is 1. The molecule has 0 saturated heterocycles. The summed E-state index contributed by atoms with van der Waals surface area (Å²) in [4.78, 5) is 3.31. The molecule has 1 aromatic rings. The number of rotatable bonds is 3. The molecular weight excluding hydrogens is 162 g/mol. The van der Waals surface area contributed by atoms with E-state index in [1.165, 1.54) is 0 Å². The standard InChI is InChI=1S/C11H13NO/c1-9(2)13-11-6-4-10(5-7-11)8-12-3/h4-7,9H,8H2,1-2H3. The molecule has 2 nitrogen and oxygen atoms in total. The summed E-state index contributed by atoms with van der Waals surface area (Å²) in [5, 5.41) is 0. The number of benzene rings is 1. The zero-order valence-corrected chi connectivity index (χ0v) is 7.95. The highest BCUT2D eigenvalue weighted by Gasteiger charge is 1.98. The quantitative estimate of drug-likeness (QED) is 0.644. The number of hydrogen-bond donors (Lipinski definition) is 0. The maximum Gasteiger partial charge on any atom is 0.239 e. The largest absolute Gasteiger partial charge is 0.491 e. The van der Waals surface area contributed by atoms with Crippen molar-refractivity contribution >= 4 is 0 Å². The van der Waals surface area contributed by atoms with Gasteiger partial charge in [0, 0.05) is 5.56 Å². The molecule has 0 atom stereocenters. The lowest BCUT2D eigenvalue weighted by atomic mass is 10.2. The van der Waals surface area contributed by atoms with E-state index >= 15 is 0 Å². The molecule has 0 aliphatic rings. The zero-order valence-electron chi connectivity index (χ0n) is 7.95. The maximum atomic E-state index is 6.70. The topological polar surface area (TPSA) is 13.6 Å². The molecular formula is C11H13NO. The zero-order chi connectivity index (χ0) is 9.68. The Morgan fingerprint density at radius 2 is 1.92 bits per heavy atom. The third-order valence-electron chi connectivity index (χ3n) is 1.56. The van der Waals surface area contributed by atoms with Crippen molar-refractivity contribution in [3.8, 4) is 5.75 Å². The molecule has 0 radical (unpaired) electrons. The highest BCUT2D eigenvalue weighted by atomic mass is 16.5. The van der Waals surface area contributed by atoms with Crippen LogP contribution in [0.2, 0.25) is 0 Å². The van der Waals surface area contributed by atoms with Crippen LogP contribution in [0.15, 0.2) is 24.3 Å². The van der Waals surface area contributed by atoms with Crippen LogP contribution in [-0.2, 0) is 6.54 Å². The van der Waals surface area contributed by atoms with Gasteiger partial charge < -0.3 is 9.58 Å². The second-order valence-corrected chi connectivity index (χ2v) is 3.13. The second-order valence-electron chi connectivity index (χ2n) is 3.13. The lowest BCUT2D eigenvalue weighted by Gasteiger charge is -2.08. The summed E-state index contributed by atoms with van der Waals surface area (Å²) in [7, 11) is 0. The molecule has 0 fully saturated rings. The Hall–Kier alpha value is -1.49. The van der Waals surface area contributed by atoms with Gasteiger partial charge in [0.15, 0.2) is 0 Å². The van der Waals surface area contributed by atoms with E-state index in [9.17, 15) is 0 Å². The Bertz CT molecular complexity index is 295. The highest BCUT2D eigenvalue weighted by molar-refractivity contribution is 5.27. The van der Waals surface area contributed by atoms with E-state index in [-0.39, 0.29) is 6.10 Å². The van der Waals surface area contributed by atoms with E-state index in [0.717, 1.165) is 11.3 Å². The molecule has 0 amide bonds. The molecule has 13 heavy (non-hydrogen) atoms. The number of hydrogen-bond acceptors (Lipinski definition) is 1. The molecule has 68 valence electrons. The van der Waals surface area contributed by atoms with E-state index < -0.39 is 0 Å². The van der Waals surface area contributed by atoms with Crippen LogP contribution >= 0.6 is 0 Å². The van der Waals surface area contributed by atoms with Gasteiger partial charge in [0.1, 0.15) is 5.75 Å². The Morgan fingerprint density at radius 3 is 2.38 bits per heavy atom. The van der Waals surface area contributed by atoms with Crippen molar-refractivity contribution < 1.29 is 4.74 Å². The molecule has 0 aliphatic heterocycles. The van der Waals surface area contributed by atoms with E-state index in [4.69, 9.17) is 11.3 Å². The van der Waals surface area contributed by atoms with Gasteiger partial charge in [0.2, 0.25) is 6.54 Å². The van der Waals surface area contributed by atoms with Crippen molar-refractivity contribution in [2.75, 3.05) is 0 Å². The first-order chi connectivity index (χ1) is 6.22. The predicted molar refractivity (Wildman–Crippen MR) is 52.5 cm³/mol. The summed E-state index contributed by atoms with van der Waals surface area (Å²) in [6.07, 6.45) is 0.201. The maximum absolute atomic E-state index is 6.70. The third kappa shape index (κ3) is 3.16. The van der Waals surface area contributed by atoms with Crippen LogP contribution < -0.4 is 4.74 Å². The van der Waals surface area contributed by atoms with Gasteiger partial charge >= 0.3 is 0 Å². The summed E-state index contributed by atoms with van der Waals surface area (Å²) in [6, 6.07) is 7.66. The fourth-order valence-corrected chi connectivity index (χ4v) is 1.04. The van der Waals surface area contributed by atoms with Crippen molar-refractivity contribution in [1.29, 1.82) is 0 Å². The normalized spacial score (nSPS) is 9.69. The third-order valence-corrected chi connectivity index (χ3v) is 1.56. The van der Waals surface area contributed by atoms with Crippen LogP contribution in [0.5, 0.6) is 5.75 Å². The molecule has 0 aromatic heterocycles. The molecule has 0 N–H and O–H groups in total. The first-order valence-corrected chi connectivity index (χ1v) is 4.31. The van der Waals surface area contributed by atoms with E-state index in [1.807, 2.05) is 38.1 Å². The lowest BCUT2D eigenvalue weighted by molar-refractivity contribution is 0.242. The van der Waals surface area contributed by atoms with E-state index in [0.29, 0.717) is 6.54 Å². The van der Waals surface area contributed by atoms with Gasteiger partial charge in [-0.25, -0.2) is 6.57 Å². The second kappa shape index (κ2) is 4.51. The molecule has 1 rings (SSSR count).